The zero-order valence-corrected chi connectivity index (χ0v) is 11.3. The van der Waals surface area contributed by atoms with Gasteiger partial charge in [0.15, 0.2) is 5.82 Å². The van der Waals surface area contributed by atoms with Crippen LogP contribution in [0.4, 0.5) is 10.3 Å². The number of nitrogens with zero attached hydrogens (tertiary/aromatic N) is 2. The number of hydrogen-bond acceptors (Lipinski definition) is 3. The van der Waals surface area contributed by atoms with Crippen LogP contribution in [0.25, 0.3) is 11.0 Å². The van der Waals surface area contributed by atoms with Gasteiger partial charge in [0.05, 0.1) is 12.1 Å². The minimum Gasteiger partial charge on any atom is -0.488 e. The van der Waals surface area contributed by atoms with Crippen LogP contribution in [-0.4, -0.2) is 15.7 Å². The van der Waals surface area contributed by atoms with Gasteiger partial charge < -0.3 is 15.0 Å². The van der Waals surface area contributed by atoms with E-state index in [1.165, 1.54) is 11.6 Å². The minimum absolute atomic E-state index is 0.00892. The molecule has 4 nitrogen and oxygen atoms in total. The van der Waals surface area contributed by atoms with Gasteiger partial charge in [0.25, 0.3) is 0 Å². The second-order valence-corrected chi connectivity index (χ2v) is 5.24. The van der Waals surface area contributed by atoms with Crippen molar-refractivity contribution in [2.75, 3.05) is 5.73 Å². The average molecular weight is 283 g/mol. The molecule has 0 radical (unpaired) electrons. The number of aromatic nitrogens is 2. The molecule has 0 saturated heterocycles. The summed E-state index contributed by atoms with van der Waals surface area (Å²) in [5.74, 6) is 0.875. The van der Waals surface area contributed by atoms with Gasteiger partial charge in [-0.25, -0.2) is 9.37 Å². The molecule has 1 aliphatic rings. The summed E-state index contributed by atoms with van der Waals surface area (Å²) in [7, 11) is 0. The van der Waals surface area contributed by atoms with Gasteiger partial charge in [0, 0.05) is 6.42 Å². The van der Waals surface area contributed by atoms with Gasteiger partial charge in [-0.1, -0.05) is 24.3 Å². The monoisotopic (exact) mass is 283 g/mol. The summed E-state index contributed by atoms with van der Waals surface area (Å²) < 4.78 is 21.5. The third kappa shape index (κ3) is 1.93. The molecule has 21 heavy (non-hydrogen) atoms. The van der Waals surface area contributed by atoms with E-state index >= 15 is 0 Å². The number of para-hydroxylation sites is 2. The van der Waals surface area contributed by atoms with E-state index < -0.39 is 0 Å². The third-order valence-electron chi connectivity index (χ3n) is 3.86. The predicted molar refractivity (Wildman–Crippen MR) is 78.7 cm³/mol. The van der Waals surface area contributed by atoms with Crippen molar-refractivity contribution in [1.82, 2.24) is 9.55 Å². The fraction of sp³-hybridized carbons (Fsp3) is 0.188. The van der Waals surface area contributed by atoms with Crippen molar-refractivity contribution in [3.8, 4) is 5.75 Å². The van der Waals surface area contributed by atoms with Gasteiger partial charge >= 0.3 is 0 Å². The van der Waals surface area contributed by atoms with E-state index in [9.17, 15) is 4.39 Å². The van der Waals surface area contributed by atoms with Crippen molar-refractivity contribution >= 4 is 17.0 Å². The molecule has 2 heterocycles. The predicted octanol–water partition coefficient (Wildman–Crippen LogP) is 2.76. The zero-order valence-electron chi connectivity index (χ0n) is 11.3. The molecule has 3 aromatic rings. The van der Waals surface area contributed by atoms with Crippen LogP contribution in [0.15, 0.2) is 42.5 Å². The summed E-state index contributed by atoms with van der Waals surface area (Å²) in [5, 5.41) is 0. The Morgan fingerprint density at radius 1 is 1.24 bits per heavy atom. The standard InChI is InChI=1S/C16H14FN3O/c17-12-5-3-6-13-15(12)19-16(18)20(13)9-11-8-10-4-1-2-7-14(10)21-11/h1-7,11H,8-9H2,(H2,18,19). The number of nitrogen functional groups attached to an aromatic ring is 1. The molecule has 1 unspecified atom stereocenters. The lowest BCUT2D eigenvalue weighted by Gasteiger charge is -2.13. The molecule has 4 rings (SSSR count). The van der Waals surface area contributed by atoms with Gasteiger partial charge in [0.2, 0.25) is 5.95 Å². The van der Waals surface area contributed by atoms with Crippen LogP contribution < -0.4 is 10.5 Å². The molecule has 1 atom stereocenters. The van der Waals surface area contributed by atoms with Gasteiger partial charge in [-0.05, 0) is 23.8 Å². The summed E-state index contributed by atoms with van der Waals surface area (Å²) in [6.07, 6.45) is 0.815. The summed E-state index contributed by atoms with van der Waals surface area (Å²) in [5.41, 5.74) is 8.14. The number of benzene rings is 2. The highest BCUT2D eigenvalue weighted by Crippen LogP contribution is 2.30. The molecule has 1 aromatic heterocycles. The lowest BCUT2D eigenvalue weighted by molar-refractivity contribution is 0.211. The largest absolute Gasteiger partial charge is 0.488 e. The van der Waals surface area contributed by atoms with Gasteiger partial charge in [-0.2, -0.15) is 0 Å². The van der Waals surface area contributed by atoms with Crippen molar-refractivity contribution in [3.05, 3.63) is 53.8 Å². The maximum atomic E-state index is 13.7. The third-order valence-corrected chi connectivity index (χ3v) is 3.86. The van der Waals surface area contributed by atoms with Crippen LogP contribution in [0.3, 0.4) is 0 Å². The van der Waals surface area contributed by atoms with Crippen molar-refractivity contribution in [2.45, 2.75) is 19.1 Å². The normalized spacial score (nSPS) is 16.9. The first kappa shape index (κ1) is 12.2. The first-order valence-electron chi connectivity index (χ1n) is 6.87. The fourth-order valence-electron chi connectivity index (χ4n) is 2.88. The maximum Gasteiger partial charge on any atom is 0.201 e. The molecule has 2 aromatic carbocycles. The quantitative estimate of drug-likeness (QED) is 0.786. The second-order valence-electron chi connectivity index (χ2n) is 5.24. The summed E-state index contributed by atoms with van der Waals surface area (Å²) >= 11 is 0. The number of ether oxygens (including phenoxy) is 1. The molecule has 0 amide bonds. The first-order chi connectivity index (χ1) is 10.2. The van der Waals surface area contributed by atoms with Crippen LogP contribution in [0.5, 0.6) is 5.75 Å². The molecule has 5 heteroatoms. The number of hydrogen-bond donors (Lipinski definition) is 1. The molecule has 1 aliphatic heterocycles. The SMILES string of the molecule is Nc1nc2c(F)cccc2n1CC1Cc2ccccc2O1. The smallest absolute Gasteiger partial charge is 0.201 e. The Morgan fingerprint density at radius 2 is 2.10 bits per heavy atom. The minimum atomic E-state index is -0.353. The molecular weight excluding hydrogens is 269 g/mol. The van der Waals surface area contributed by atoms with E-state index in [2.05, 4.69) is 11.1 Å². The molecule has 0 fully saturated rings. The van der Waals surface area contributed by atoms with Gasteiger partial charge in [-0.15, -0.1) is 0 Å². The summed E-state index contributed by atoms with van der Waals surface area (Å²) in [6.45, 7) is 0.556. The number of halogens is 1. The van der Waals surface area contributed by atoms with E-state index in [4.69, 9.17) is 10.5 Å². The molecule has 2 N–H and O–H groups in total. The summed E-state index contributed by atoms with van der Waals surface area (Å²) in [4.78, 5) is 4.11. The van der Waals surface area contributed by atoms with Crippen LogP contribution in [0.2, 0.25) is 0 Å². The van der Waals surface area contributed by atoms with Crippen LogP contribution in [0.1, 0.15) is 5.56 Å². The highest BCUT2D eigenvalue weighted by atomic mass is 19.1. The molecular formula is C16H14FN3O. The molecule has 0 saturated carbocycles. The Balaban J connectivity index is 1.67. The summed E-state index contributed by atoms with van der Waals surface area (Å²) in [6, 6.07) is 12.9. The Morgan fingerprint density at radius 3 is 2.95 bits per heavy atom. The van der Waals surface area contributed by atoms with E-state index in [0.29, 0.717) is 23.5 Å². The van der Waals surface area contributed by atoms with Crippen molar-refractivity contribution in [3.63, 3.8) is 0 Å². The van der Waals surface area contributed by atoms with E-state index in [-0.39, 0.29) is 11.9 Å². The number of fused-ring (bicyclic) bond motifs is 2. The average Bonchev–Trinajstić information content (AvgIpc) is 3.02. The fourth-order valence-corrected chi connectivity index (χ4v) is 2.88. The lowest BCUT2D eigenvalue weighted by Crippen LogP contribution is -2.21. The lowest BCUT2D eigenvalue weighted by atomic mass is 10.1. The Kier molecular flexibility index (Phi) is 2.60. The maximum absolute atomic E-state index is 13.7. The second kappa shape index (κ2) is 4.48. The Hall–Kier alpha value is -2.56. The van der Waals surface area contributed by atoms with Gasteiger partial charge in [-0.3, -0.25) is 0 Å². The molecule has 0 spiro atoms. The van der Waals surface area contributed by atoms with Crippen molar-refractivity contribution < 1.29 is 9.13 Å². The Bertz CT molecular complexity index is 803. The number of imidazole rings is 1. The van der Waals surface area contributed by atoms with E-state index in [1.54, 1.807) is 6.07 Å². The highest BCUT2D eigenvalue weighted by Gasteiger charge is 2.24. The topological polar surface area (TPSA) is 53.1 Å². The number of nitrogens with two attached hydrogens (primary N) is 1. The number of rotatable bonds is 2. The van der Waals surface area contributed by atoms with Crippen molar-refractivity contribution in [1.29, 1.82) is 0 Å². The van der Waals surface area contributed by atoms with Crippen LogP contribution in [-0.2, 0) is 13.0 Å². The number of anilines is 1. The van der Waals surface area contributed by atoms with Crippen LogP contribution in [0, 0.1) is 5.82 Å². The van der Waals surface area contributed by atoms with Crippen LogP contribution >= 0.6 is 0 Å². The van der Waals surface area contributed by atoms with E-state index in [0.717, 1.165) is 12.2 Å². The highest BCUT2D eigenvalue weighted by molar-refractivity contribution is 5.78. The van der Waals surface area contributed by atoms with Gasteiger partial charge in [0.1, 0.15) is 17.4 Å². The molecule has 0 aliphatic carbocycles. The zero-order chi connectivity index (χ0) is 14.4. The van der Waals surface area contributed by atoms with Crippen molar-refractivity contribution in [2.24, 2.45) is 0 Å². The van der Waals surface area contributed by atoms with E-state index in [1.807, 2.05) is 28.8 Å². The first-order valence-corrected chi connectivity index (χ1v) is 6.87. The Labute approximate surface area is 121 Å². The molecule has 0 bridgehead atoms. The molecule has 106 valence electrons.